The molecule has 0 aliphatic heterocycles. The summed E-state index contributed by atoms with van der Waals surface area (Å²) in [5.41, 5.74) is 7.55. The Kier molecular flexibility index (Phi) is 4.01. The fraction of sp³-hybridized carbons (Fsp3) is 0.417. The molecule has 3 N–H and O–H groups in total. The van der Waals surface area contributed by atoms with Crippen LogP contribution in [0.4, 0.5) is 5.69 Å². The first-order valence-electron chi connectivity index (χ1n) is 5.49. The van der Waals surface area contributed by atoms with Gasteiger partial charge in [-0.15, -0.1) is 0 Å². The number of benzene rings is 1. The zero-order valence-electron chi connectivity index (χ0n) is 9.57. The summed E-state index contributed by atoms with van der Waals surface area (Å²) in [6.45, 7) is 0. The molecule has 1 fully saturated rings. The van der Waals surface area contributed by atoms with Crippen LogP contribution >= 0.6 is 28.1 Å². The molecule has 0 amide bonds. The second kappa shape index (κ2) is 5.33. The van der Waals surface area contributed by atoms with Crippen molar-refractivity contribution in [3.05, 3.63) is 28.2 Å². The van der Waals surface area contributed by atoms with Gasteiger partial charge in [0.15, 0.2) is 0 Å². The summed E-state index contributed by atoms with van der Waals surface area (Å²) in [7, 11) is 1.76. The molecular formula is C12H15BrN2OS. The van der Waals surface area contributed by atoms with E-state index in [2.05, 4.69) is 21.2 Å². The third kappa shape index (κ3) is 2.97. The van der Waals surface area contributed by atoms with E-state index in [0.717, 1.165) is 28.6 Å². The summed E-state index contributed by atoms with van der Waals surface area (Å²) < 4.78 is 6.17. The first-order valence-corrected chi connectivity index (χ1v) is 6.69. The van der Waals surface area contributed by atoms with Gasteiger partial charge >= 0.3 is 0 Å². The highest BCUT2D eigenvalue weighted by Crippen LogP contribution is 2.28. The van der Waals surface area contributed by atoms with Crippen LogP contribution in [-0.4, -0.2) is 24.2 Å². The lowest BCUT2D eigenvalue weighted by molar-refractivity contribution is 0.0329. The molecule has 1 saturated carbocycles. The van der Waals surface area contributed by atoms with E-state index in [0.29, 0.717) is 17.1 Å². The van der Waals surface area contributed by atoms with Crippen LogP contribution in [0.2, 0.25) is 0 Å². The van der Waals surface area contributed by atoms with Gasteiger partial charge in [0.25, 0.3) is 0 Å². The fourth-order valence-electron chi connectivity index (χ4n) is 1.92. The summed E-state index contributed by atoms with van der Waals surface area (Å²) in [4.78, 5) is 0.409. The molecule has 17 heavy (non-hydrogen) atoms. The van der Waals surface area contributed by atoms with E-state index in [1.165, 1.54) is 0 Å². The third-order valence-corrected chi connectivity index (χ3v) is 3.91. The second-order valence-electron chi connectivity index (χ2n) is 4.23. The number of hydrogen-bond donors (Lipinski definition) is 2. The van der Waals surface area contributed by atoms with Gasteiger partial charge in [0.05, 0.1) is 6.10 Å². The van der Waals surface area contributed by atoms with Crippen LogP contribution < -0.4 is 11.1 Å². The molecule has 5 heteroatoms. The first kappa shape index (κ1) is 12.8. The van der Waals surface area contributed by atoms with Crippen LogP contribution in [0.25, 0.3) is 0 Å². The molecular weight excluding hydrogens is 300 g/mol. The number of ether oxygens (including phenoxy) is 1. The lowest BCUT2D eigenvalue weighted by Gasteiger charge is -2.35. The number of nitrogens with one attached hydrogen (secondary N) is 1. The number of halogens is 1. The van der Waals surface area contributed by atoms with Crippen LogP contribution in [0.5, 0.6) is 0 Å². The minimum absolute atomic E-state index is 0.409. The van der Waals surface area contributed by atoms with Crippen LogP contribution in [0.15, 0.2) is 22.7 Å². The van der Waals surface area contributed by atoms with Crippen LogP contribution in [-0.2, 0) is 4.74 Å². The number of anilines is 1. The maximum Gasteiger partial charge on any atom is 0.105 e. The highest BCUT2D eigenvalue weighted by molar-refractivity contribution is 9.10. The summed E-state index contributed by atoms with van der Waals surface area (Å²) in [5, 5.41) is 3.46. The topological polar surface area (TPSA) is 47.3 Å². The van der Waals surface area contributed by atoms with Crippen molar-refractivity contribution in [2.24, 2.45) is 5.73 Å². The van der Waals surface area contributed by atoms with E-state index in [1.54, 1.807) is 7.11 Å². The van der Waals surface area contributed by atoms with Gasteiger partial charge < -0.3 is 15.8 Å². The third-order valence-electron chi connectivity index (χ3n) is 3.03. The molecule has 0 aromatic heterocycles. The monoisotopic (exact) mass is 314 g/mol. The molecule has 0 spiro atoms. The molecule has 0 saturated heterocycles. The molecule has 0 unspecified atom stereocenters. The number of rotatable bonds is 4. The average Bonchev–Trinajstić information content (AvgIpc) is 2.22. The summed E-state index contributed by atoms with van der Waals surface area (Å²) >= 11 is 8.43. The van der Waals surface area contributed by atoms with Crippen molar-refractivity contribution in [3.8, 4) is 0 Å². The minimum Gasteiger partial charge on any atom is -0.389 e. The predicted molar refractivity (Wildman–Crippen MR) is 77.5 cm³/mol. The Balaban J connectivity index is 1.99. The maximum atomic E-state index is 5.60. The Hall–Kier alpha value is -0.650. The lowest BCUT2D eigenvalue weighted by atomic mass is 9.89. The number of hydrogen-bond acceptors (Lipinski definition) is 3. The molecule has 1 aromatic rings. The Bertz CT molecular complexity index is 433. The Morgan fingerprint density at radius 1 is 1.53 bits per heavy atom. The van der Waals surface area contributed by atoms with Crippen molar-refractivity contribution >= 4 is 38.8 Å². The van der Waals surface area contributed by atoms with Gasteiger partial charge in [-0.05, 0) is 47.0 Å². The van der Waals surface area contributed by atoms with E-state index in [9.17, 15) is 0 Å². The number of nitrogens with two attached hydrogens (primary N) is 1. The molecule has 3 nitrogen and oxygen atoms in total. The first-order chi connectivity index (χ1) is 8.10. The van der Waals surface area contributed by atoms with Crippen LogP contribution in [0, 0.1) is 0 Å². The van der Waals surface area contributed by atoms with Gasteiger partial charge in [-0.2, -0.15) is 0 Å². The van der Waals surface area contributed by atoms with E-state index < -0.39 is 0 Å². The largest absolute Gasteiger partial charge is 0.389 e. The summed E-state index contributed by atoms with van der Waals surface area (Å²) in [6, 6.07) is 6.44. The quantitative estimate of drug-likeness (QED) is 0.839. The van der Waals surface area contributed by atoms with Gasteiger partial charge in [-0.3, -0.25) is 0 Å². The molecule has 0 heterocycles. The van der Waals surface area contributed by atoms with Gasteiger partial charge in [0.1, 0.15) is 4.99 Å². The molecule has 1 aliphatic carbocycles. The van der Waals surface area contributed by atoms with Gasteiger partial charge in [-0.1, -0.05) is 12.2 Å². The zero-order valence-corrected chi connectivity index (χ0v) is 12.0. The van der Waals surface area contributed by atoms with Gasteiger partial charge in [0, 0.05) is 28.9 Å². The van der Waals surface area contributed by atoms with E-state index in [-0.39, 0.29) is 0 Å². The number of methoxy groups -OCH3 is 1. The van der Waals surface area contributed by atoms with E-state index in [1.807, 2.05) is 18.2 Å². The smallest absolute Gasteiger partial charge is 0.105 e. The van der Waals surface area contributed by atoms with Crippen molar-refractivity contribution in [1.29, 1.82) is 0 Å². The molecule has 0 bridgehead atoms. The van der Waals surface area contributed by atoms with Gasteiger partial charge in [0.2, 0.25) is 0 Å². The SMILES string of the molecule is COC1CC(Nc2ccc(C(N)=S)c(Br)c2)C1. The number of thiocarbonyl (C=S) groups is 1. The zero-order chi connectivity index (χ0) is 12.4. The summed E-state index contributed by atoms with van der Waals surface area (Å²) in [6.07, 6.45) is 2.53. The van der Waals surface area contributed by atoms with Gasteiger partial charge in [-0.25, -0.2) is 0 Å². The molecule has 1 aliphatic rings. The van der Waals surface area contributed by atoms with Crippen molar-refractivity contribution in [2.45, 2.75) is 25.0 Å². The summed E-state index contributed by atoms with van der Waals surface area (Å²) in [5.74, 6) is 0. The van der Waals surface area contributed by atoms with Crippen molar-refractivity contribution in [2.75, 3.05) is 12.4 Å². The normalized spacial score (nSPS) is 22.9. The average molecular weight is 315 g/mol. The Morgan fingerprint density at radius 3 is 2.76 bits per heavy atom. The minimum atomic E-state index is 0.409. The van der Waals surface area contributed by atoms with Crippen molar-refractivity contribution in [3.63, 3.8) is 0 Å². The fourth-order valence-corrected chi connectivity index (χ4v) is 2.82. The predicted octanol–water partition coefficient (Wildman–Crippen LogP) is 2.67. The Labute approximate surface area is 115 Å². The van der Waals surface area contributed by atoms with Crippen LogP contribution in [0.1, 0.15) is 18.4 Å². The second-order valence-corrected chi connectivity index (χ2v) is 5.52. The van der Waals surface area contributed by atoms with Crippen molar-refractivity contribution < 1.29 is 4.74 Å². The lowest BCUT2D eigenvalue weighted by Crippen LogP contribution is -2.40. The Morgan fingerprint density at radius 2 is 2.24 bits per heavy atom. The highest BCUT2D eigenvalue weighted by atomic mass is 79.9. The van der Waals surface area contributed by atoms with E-state index in [4.69, 9.17) is 22.7 Å². The highest BCUT2D eigenvalue weighted by Gasteiger charge is 2.28. The molecule has 0 radical (unpaired) electrons. The molecule has 92 valence electrons. The molecule has 2 rings (SSSR count). The standard InChI is InChI=1S/C12H15BrN2OS/c1-16-9-4-8(5-9)15-7-2-3-10(12(14)17)11(13)6-7/h2-3,6,8-9,15H,4-5H2,1H3,(H2,14,17). The maximum absolute atomic E-state index is 5.60. The van der Waals surface area contributed by atoms with Crippen molar-refractivity contribution in [1.82, 2.24) is 0 Å². The molecule has 0 atom stereocenters. The van der Waals surface area contributed by atoms with E-state index >= 15 is 0 Å². The molecule has 1 aromatic carbocycles. The van der Waals surface area contributed by atoms with Crippen LogP contribution in [0.3, 0.4) is 0 Å².